The third-order valence-electron chi connectivity index (χ3n) is 2.85. The molecular weight excluding hydrogens is 370 g/mol. The van der Waals surface area contributed by atoms with Crippen LogP contribution in [0, 0.1) is 0 Å². The molecule has 6 heteroatoms. The van der Waals surface area contributed by atoms with E-state index in [9.17, 15) is 0 Å². The second-order valence-corrected chi connectivity index (χ2v) is 6.94. The Labute approximate surface area is 140 Å². The van der Waals surface area contributed by atoms with Crippen molar-refractivity contribution in [2.45, 2.75) is 6.54 Å². The molecule has 2 aromatic heterocycles. The van der Waals surface area contributed by atoms with Gasteiger partial charge in [0.2, 0.25) is 0 Å². The SMILES string of the molecule is Clc1sc(CNc2cnc(-c3ccccc3)nc2)cc1Br. The highest BCUT2D eigenvalue weighted by atomic mass is 79.9. The Balaban J connectivity index is 1.67. The minimum absolute atomic E-state index is 0.698. The minimum Gasteiger partial charge on any atom is -0.378 e. The summed E-state index contributed by atoms with van der Waals surface area (Å²) in [5.74, 6) is 0.725. The van der Waals surface area contributed by atoms with Gasteiger partial charge in [-0.2, -0.15) is 0 Å². The summed E-state index contributed by atoms with van der Waals surface area (Å²) >= 11 is 11.0. The topological polar surface area (TPSA) is 37.8 Å². The average Bonchev–Trinajstić information content (AvgIpc) is 2.85. The fourth-order valence-corrected chi connectivity index (χ4v) is 3.55. The van der Waals surface area contributed by atoms with Gasteiger partial charge in [-0.1, -0.05) is 41.9 Å². The van der Waals surface area contributed by atoms with Gasteiger partial charge in [0.15, 0.2) is 5.82 Å². The summed E-state index contributed by atoms with van der Waals surface area (Å²) in [6.45, 7) is 0.698. The predicted octanol–water partition coefficient (Wildman–Crippen LogP) is 5.23. The van der Waals surface area contributed by atoms with Crippen molar-refractivity contribution < 1.29 is 0 Å². The summed E-state index contributed by atoms with van der Waals surface area (Å²) in [4.78, 5) is 9.91. The van der Waals surface area contributed by atoms with Gasteiger partial charge in [-0.25, -0.2) is 9.97 Å². The van der Waals surface area contributed by atoms with Gasteiger partial charge in [-0.3, -0.25) is 0 Å². The Morgan fingerprint density at radius 2 is 1.86 bits per heavy atom. The summed E-state index contributed by atoms with van der Waals surface area (Å²) in [6.07, 6.45) is 3.58. The highest BCUT2D eigenvalue weighted by Crippen LogP contribution is 2.32. The van der Waals surface area contributed by atoms with Gasteiger partial charge in [0.1, 0.15) is 4.34 Å². The van der Waals surface area contributed by atoms with Crippen LogP contribution in [0.25, 0.3) is 11.4 Å². The molecule has 0 aliphatic heterocycles. The first-order valence-corrected chi connectivity index (χ1v) is 8.26. The quantitative estimate of drug-likeness (QED) is 0.673. The number of hydrogen-bond donors (Lipinski definition) is 1. The molecule has 3 rings (SSSR count). The van der Waals surface area contributed by atoms with Crippen LogP contribution in [-0.2, 0) is 6.54 Å². The zero-order valence-electron chi connectivity index (χ0n) is 10.9. The largest absolute Gasteiger partial charge is 0.378 e. The molecule has 1 N–H and O–H groups in total. The zero-order valence-corrected chi connectivity index (χ0v) is 14.0. The Kier molecular flexibility index (Phi) is 4.53. The van der Waals surface area contributed by atoms with Crippen molar-refractivity contribution in [2.24, 2.45) is 0 Å². The van der Waals surface area contributed by atoms with E-state index in [1.165, 1.54) is 0 Å². The van der Waals surface area contributed by atoms with Crippen LogP contribution in [0.4, 0.5) is 5.69 Å². The van der Waals surface area contributed by atoms with Crippen molar-refractivity contribution in [3.63, 3.8) is 0 Å². The molecule has 0 saturated carbocycles. The van der Waals surface area contributed by atoms with Crippen LogP contribution < -0.4 is 5.32 Å². The lowest BCUT2D eigenvalue weighted by Crippen LogP contribution is -1.99. The Hall–Kier alpha value is -1.43. The van der Waals surface area contributed by atoms with Crippen LogP contribution in [0.2, 0.25) is 4.34 Å². The van der Waals surface area contributed by atoms with Crippen LogP contribution in [-0.4, -0.2) is 9.97 Å². The standard InChI is InChI=1S/C15H11BrClN3S/c16-13-6-12(21-14(13)17)9-18-11-7-19-15(20-8-11)10-4-2-1-3-5-10/h1-8,18H,9H2. The van der Waals surface area contributed by atoms with E-state index in [1.807, 2.05) is 36.4 Å². The molecule has 0 saturated heterocycles. The Morgan fingerprint density at radius 3 is 2.48 bits per heavy atom. The number of benzene rings is 1. The van der Waals surface area contributed by atoms with Gasteiger partial charge in [0.25, 0.3) is 0 Å². The summed E-state index contributed by atoms with van der Waals surface area (Å²) in [5, 5.41) is 3.29. The third-order valence-corrected chi connectivity index (χ3v) is 5.32. The van der Waals surface area contributed by atoms with Crippen LogP contribution in [0.15, 0.2) is 53.3 Å². The number of hydrogen-bond acceptors (Lipinski definition) is 4. The van der Waals surface area contributed by atoms with Crippen LogP contribution in [0.1, 0.15) is 4.88 Å². The number of nitrogens with zero attached hydrogens (tertiary/aromatic N) is 2. The van der Waals surface area contributed by atoms with E-state index < -0.39 is 0 Å². The van der Waals surface area contributed by atoms with Crippen molar-refractivity contribution in [3.05, 3.63) is 62.5 Å². The van der Waals surface area contributed by atoms with E-state index in [0.717, 1.165) is 30.8 Å². The van der Waals surface area contributed by atoms with Gasteiger partial charge in [0.05, 0.1) is 18.1 Å². The molecule has 0 spiro atoms. The van der Waals surface area contributed by atoms with E-state index in [-0.39, 0.29) is 0 Å². The second kappa shape index (κ2) is 6.56. The van der Waals surface area contributed by atoms with Gasteiger partial charge in [0, 0.05) is 21.5 Å². The molecule has 3 nitrogen and oxygen atoms in total. The lowest BCUT2D eigenvalue weighted by molar-refractivity contribution is 1.12. The van der Waals surface area contributed by atoms with E-state index in [4.69, 9.17) is 11.6 Å². The Bertz CT molecular complexity index is 709. The third kappa shape index (κ3) is 3.61. The molecule has 0 bridgehead atoms. The lowest BCUT2D eigenvalue weighted by atomic mass is 10.2. The highest BCUT2D eigenvalue weighted by molar-refractivity contribution is 9.10. The Morgan fingerprint density at radius 1 is 1.14 bits per heavy atom. The smallest absolute Gasteiger partial charge is 0.159 e. The monoisotopic (exact) mass is 379 g/mol. The molecule has 2 heterocycles. The maximum atomic E-state index is 6.02. The van der Waals surface area contributed by atoms with E-state index in [0.29, 0.717) is 6.54 Å². The van der Waals surface area contributed by atoms with Crippen molar-refractivity contribution in [1.29, 1.82) is 0 Å². The number of thiophene rings is 1. The van der Waals surface area contributed by atoms with Crippen molar-refractivity contribution >= 4 is 44.6 Å². The summed E-state index contributed by atoms with van der Waals surface area (Å²) < 4.78 is 1.70. The maximum absolute atomic E-state index is 6.02. The van der Waals surface area contributed by atoms with Crippen molar-refractivity contribution in [3.8, 4) is 11.4 Å². The number of aromatic nitrogens is 2. The summed E-state index contributed by atoms with van der Waals surface area (Å²) in [7, 11) is 0. The van der Waals surface area contributed by atoms with Crippen LogP contribution >= 0.6 is 38.9 Å². The van der Waals surface area contributed by atoms with Crippen molar-refractivity contribution in [1.82, 2.24) is 9.97 Å². The van der Waals surface area contributed by atoms with Crippen LogP contribution in [0.5, 0.6) is 0 Å². The van der Waals surface area contributed by atoms with E-state index >= 15 is 0 Å². The number of rotatable bonds is 4. The molecule has 3 aromatic rings. The number of halogens is 2. The maximum Gasteiger partial charge on any atom is 0.159 e. The molecule has 21 heavy (non-hydrogen) atoms. The minimum atomic E-state index is 0.698. The molecule has 0 radical (unpaired) electrons. The molecule has 0 aliphatic carbocycles. The molecule has 106 valence electrons. The summed E-state index contributed by atoms with van der Waals surface area (Å²) in [6, 6.07) is 11.9. The van der Waals surface area contributed by atoms with Gasteiger partial charge < -0.3 is 5.32 Å². The highest BCUT2D eigenvalue weighted by Gasteiger charge is 2.05. The van der Waals surface area contributed by atoms with E-state index in [2.05, 4.69) is 31.2 Å². The predicted molar refractivity (Wildman–Crippen MR) is 91.8 cm³/mol. The fourth-order valence-electron chi connectivity index (χ4n) is 1.82. The molecule has 0 atom stereocenters. The molecule has 0 fully saturated rings. The first-order chi connectivity index (χ1) is 10.2. The zero-order chi connectivity index (χ0) is 14.7. The second-order valence-electron chi connectivity index (χ2n) is 4.35. The van der Waals surface area contributed by atoms with Gasteiger partial charge in [-0.15, -0.1) is 11.3 Å². The number of anilines is 1. The molecule has 1 aromatic carbocycles. The molecule has 0 aliphatic rings. The van der Waals surface area contributed by atoms with Gasteiger partial charge in [-0.05, 0) is 22.0 Å². The van der Waals surface area contributed by atoms with Crippen LogP contribution in [0.3, 0.4) is 0 Å². The molecule has 0 amide bonds. The lowest BCUT2D eigenvalue weighted by Gasteiger charge is -2.05. The van der Waals surface area contributed by atoms with Crippen molar-refractivity contribution in [2.75, 3.05) is 5.32 Å². The molecular formula is C15H11BrClN3S. The van der Waals surface area contributed by atoms with Gasteiger partial charge >= 0.3 is 0 Å². The molecule has 0 unspecified atom stereocenters. The normalized spacial score (nSPS) is 10.6. The van der Waals surface area contributed by atoms with E-state index in [1.54, 1.807) is 23.7 Å². The first kappa shape index (κ1) is 14.5. The average molecular weight is 381 g/mol. The fraction of sp³-hybridized carbons (Fsp3) is 0.0667. The first-order valence-electron chi connectivity index (χ1n) is 6.27. The summed E-state index contributed by atoms with van der Waals surface area (Å²) in [5.41, 5.74) is 1.90. The number of nitrogens with one attached hydrogen (secondary N) is 1.